The third-order valence-electron chi connectivity index (χ3n) is 4.50. The summed E-state index contributed by atoms with van der Waals surface area (Å²) < 4.78 is 18.6. The summed E-state index contributed by atoms with van der Waals surface area (Å²) in [5.74, 6) is 0.299. The second-order valence-corrected chi connectivity index (χ2v) is 6.79. The predicted molar refractivity (Wildman–Crippen MR) is 115 cm³/mol. The van der Waals surface area contributed by atoms with Gasteiger partial charge in [-0.1, -0.05) is 18.2 Å². The molecule has 0 fully saturated rings. The highest BCUT2D eigenvalue weighted by Crippen LogP contribution is 2.22. The largest absolute Gasteiger partial charge is 0.497 e. The van der Waals surface area contributed by atoms with E-state index in [-0.39, 0.29) is 11.8 Å². The van der Waals surface area contributed by atoms with Crippen molar-refractivity contribution in [1.82, 2.24) is 0 Å². The maximum atomic E-state index is 13.4. The van der Waals surface area contributed by atoms with Crippen LogP contribution in [0.5, 0.6) is 5.75 Å². The number of benzene rings is 3. The molecule has 29 heavy (non-hydrogen) atoms. The zero-order valence-corrected chi connectivity index (χ0v) is 16.7. The van der Waals surface area contributed by atoms with Crippen LogP contribution >= 0.6 is 0 Å². The number of nitrogens with one attached hydrogen (secondary N) is 1. The Morgan fingerprint density at radius 1 is 0.966 bits per heavy atom. The number of methoxy groups -OCH3 is 1. The van der Waals surface area contributed by atoms with Gasteiger partial charge in [0.15, 0.2) is 0 Å². The summed E-state index contributed by atoms with van der Waals surface area (Å²) in [5.41, 5.74) is 3.25. The normalized spacial score (nSPS) is 10.3. The average molecular weight is 393 g/mol. The minimum Gasteiger partial charge on any atom is -0.497 e. The van der Waals surface area contributed by atoms with Crippen LogP contribution in [0.3, 0.4) is 0 Å². The summed E-state index contributed by atoms with van der Waals surface area (Å²) in [6, 6.07) is 20.6. The van der Waals surface area contributed by atoms with Crippen LogP contribution in [0.25, 0.3) is 0 Å². The number of amides is 2. The molecule has 3 aromatic rings. The monoisotopic (exact) mass is 393 g/mol. The van der Waals surface area contributed by atoms with Crippen LogP contribution in [0.15, 0.2) is 72.8 Å². The van der Waals surface area contributed by atoms with Gasteiger partial charge in [-0.15, -0.1) is 0 Å². The third kappa shape index (κ3) is 5.25. The first-order valence-electron chi connectivity index (χ1n) is 9.20. The standard InChI is InChI=1S/C23H24FN3O2/c1-26(2)20-11-7-17(8-12-20)16-27(21-13-9-18(24)10-14-21)23(28)25-19-5-4-6-22(15-19)29-3/h4-15H,16H2,1-3H3,(H,25,28). The van der Waals surface area contributed by atoms with Crippen molar-refractivity contribution in [3.05, 3.63) is 84.2 Å². The SMILES string of the molecule is COc1cccc(NC(=O)N(Cc2ccc(N(C)C)cc2)c2ccc(F)cc2)c1. The summed E-state index contributed by atoms with van der Waals surface area (Å²) in [5, 5.41) is 2.88. The zero-order valence-electron chi connectivity index (χ0n) is 16.7. The molecule has 3 rings (SSSR count). The van der Waals surface area contributed by atoms with E-state index in [1.165, 1.54) is 12.1 Å². The third-order valence-corrected chi connectivity index (χ3v) is 4.50. The summed E-state index contributed by atoms with van der Waals surface area (Å²) >= 11 is 0. The zero-order chi connectivity index (χ0) is 20.8. The lowest BCUT2D eigenvalue weighted by molar-refractivity contribution is 0.256. The molecule has 5 nitrogen and oxygen atoms in total. The average Bonchev–Trinajstić information content (AvgIpc) is 2.73. The van der Waals surface area contributed by atoms with Crippen LogP contribution < -0.4 is 19.9 Å². The van der Waals surface area contributed by atoms with Crippen molar-refractivity contribution in [2.24, 2.45) is 0 Å². The fraction of sp³-hybridized carbons (Fsp3) is 0.174. The second-order valence-electron chi connectivity index (χ2n) is 6.79. The lowest BCUT2D eigenvalue weighted by Crippen LogP contribution is -2.34. The van der Waals surface area contributed by atoms with E-state index in [2.05, 4.69) is 5.32 Å². The van der Waals surface area contributed by atoms with Crippen molar-refractivity contribution < 1.29 is 13.9 Å². The molecule has 0 spiro atoms. The van der Waals surface area contributed by atoms with E-state index >= 15 is 0 Å². The van der Waals surface area contributed by atoms with Gasteiger partial charge in [0.2, 0.25) is 0 Å². The number of hydrogen-bond acceptors (Lipinski definition) is 3. The van der Waals surface area contributed by atoms with Gasteiger partial charge in [0.05, 0.1) is 13.7 Å². The van der Waals surface area contributed by atoms with E-state index in [1.807, 2.05) is 43.3 Å². The van der Waals surface area contributed by atoms with Gasteiger partial charge in [0.1, 0.15) is 11.6 Å². The van der Waals surface area contributed by atoms with Crippen molar-refractivity contribution in [3.8, 4) is 5.75 Å². The number of urea groups is 1. The minimum atomic E-state index is -0.350. The second kappa shape index (κ2) is 9.10. The molecule has 2 amide bonds. The van der Waals surface area contributed by atoms with Crippen molar-refractivity contribution in [2.75, 3.05) is 36.3 Å². The number of carbonyl (C=O) groups excluding carboxylic acids is 1. The van der Waals surface area contributed by atoms with Gasteiger partial charge in [0, 0.05) is 37.2 Å². The Morgan fingerprint density at radius 2 is 1.62 bits per heavy atom. The van der Waals surface area contributed by atoms with Crippen molar-refractivity contribution in [1.29, 1.82) is 0 Å². The molecule has 0 saturated heterocycles. The van der Waals surface area contributed by atoms with Crippen LogP contribution in [0.2, 0.25) is 0 Å². The fourth-order valence-electron chi connectivity index (χ4n) is 2.88. The highest BCUT2D eigenvalue weighted by Gasteiger charge is 2.17. The highest BCUT2D eigenvalue weighted by molar-refractivity contribution is 6.01. The van der Waals surface area contributed by atoms with E-state index in [4.69, 9.17) is 4.74 Å². The molecule has 3 aromatic carbocycles. The van der Waals surface area contributed by atoms with E-state index in [9.17, 15) is 9.18 Å². The van der Waals surface area contributed by atoms with Gasteiger partial charge >= 0.3 is 6.03 Å². The smallest absolute Gasteiger partial charge is 0.326 e. The molecule has 0 heterocycles. The first-order valence-corrected chi connectivity index (χ1v) is 9.20. The summed E-state index contributed by atoms with van der Waals surface area (Å²) in [6.45, 7) is 0.342. The quantitative estimate of drug-likeness (QED) is 0.631. The Hall–Kier alpha value is -3.54. The van der Waals surface area contributed by atoms with Crippen LogP contribution in [-0.4, -0.2) is 27.2 Å². The number of ether oxygens (including phenoxy) is 1. The maximum Gasteiger partial charge on any atom is 0.326 e. The van der Waals surface area contributed by atoms with Gasteiger partial charge in [-0.05, 0) is 54.1 Å². The van der Waals surface area contributed by atoms with Gasteiger partial charge in [-0.3, -0.25) is 4.90 Å². The van der Waals surface area contributed by atoms with Gasteiger partial charge in [-0.25, -0.2) is 9.18 Å². The lowest BCUT2D eigenvalue weighted by Gasteiger charge is -2.24. The number of carbonyl (C=O) groups is 1. The van der Waals surface area contributed by atoms with Gasteiger partial charge in [-0.2, -0.15) is 0 Å². The number of anilines is 3. The minimum absolute atomic E-state index is 0.318. The molecule has 0 aliphatic heterocycles. The van der Waals surface area contributed by atoms with Gasteiger partial charge < -0.3 is 15.0 Å². The molecular weight excluding hydrogens is 369 g/mol. The van der Waals surface area contributed by atoms with Crippen LogP contribution in [-0.2, 0) is 6.54 Å². The summed E-state index contributed by atoms with van der Waals surface area (Å²) in [6.07, 6.45) is 0. The molecule has 1 N–H and O–H groups in total. The van der Waals surface area contributed by atoms with Crippen molar-refractivity contribution in [3.63, 3.8) is 0 Å². The summed E-state index contributed by atoms with van der Waals surface area (Å²) in [7, 11) is 5.52. The molecule has 0 atom stereocenters. The van der Waals surface area contributed by atoms with E-state index in [0.717, 1.165) is 11.3 Å². The molecule has 0 aliphatic rings. The van der Waals surface area contributed by atoms with Crippen molar-refractivity contribution >= 4 is 23.1 Å². The molecule has 150 valence electrons. The summed E-state index contributed by atoms with van der Waals surface area (Å²) in [4.78, 5) is 16.6. The topological polar surface area (TPSA) is 44.8 Å². The van der Waals surface area contributed by atoms with Crippen LogP contribution in [0, 0.1) is 5.82 Å². The highest BCUT2D eigenvalue weighted by atomic mass is 19.1. The molecule has 0 bridgehead atoms. The molecule has 0 radical (unpaired) electrons. The van der Waals surface area contributed by atoms with E-state index in [1.54, 1.807) is 48.4 Å². The number of halogens is 1. The number of rotatable bonds is 6. The van der Waals surface area contributed by atoms with Crippen LogP contribution in [0.4, 0.5) is 26.2 Å². The van der Waals surface area contributed by atoms with E-state index < -0.39 is 0 Å². The Kier molecular flexibility index (Phi) is 6.34. The first-order chi connectivity index (χ1) is 14.0. The van der Waals surface area contributed by atoms with Gasteiger partial charge in [0.25, 0.3) is 0 Å². The Bertz CT molecular complexity index is 957. The lowest BCUT2D eigenvalue weighted by atomic mass is 10.1. The molecule has 6 heteroatoms. The number of hydrogen-bond donors (Lipinski definition) is 1. The Balaban J connectivity index is 1.85. The molecule has 0 saturated carbocycles. The Morgan fingerprint density at radius 3 is 2.24 bits per heavy atom. The molecule has 0 aromatic heterocycles. The van der Waals surface area contributed by atoms with E-state index in [0.29, 0.717) is 23.7 Å². The molecular formula is C23H24FN3O2. The molecule has 0 unspecified atom stereocenters. The van der Waals surface area contributed by atoms with Crippen molar-refractivity contribution in [2.45, 2.75) is 6.54 Å². The first kappa shape index (κ1) is 20.2. The number of nitrogens with zero attached hydrogens (tertiary/aromatic N) is 2. The predicted octanol–water partition coefficient (Wildman–Crippen LogP) is 5.14. The van der Waals surface area contributed by atoms with Crippen LogP contribution in [0.1, 0.15) is 5.56 Å². The fourth-order valence-corrected chi connectivity index (χ4v) is 2.88. The maximum absolute atomic E-state index is 13.4. The molecule has 0 aliphatic carbocycles. The Labute approximate surface area is 170 Å².